The molecule has 90 valence electrons. The SMILES string of the molecule is CCNCC1CCC(C)CC1COCC. The van der Waals surface area contributed by atoms with Crippen molar-refractivity contribution in [3.8, 4) is 0 Å². The van der Waals surface area contributed by atoms with Crippen LogP contribution in [-0.4, -0.2) is 26.3 Å². The van der Waals surface area contributed by atoms with E-state index < -0.39 is 0 Å². The van der Waals surface area contributed by atoms with Crippen LogP contribution in [0.5, 0.6) is 0 Å². The summed E-state index contributed by atoms with van der Waals surface area (Å²) in [5.74, 6) is 2.52. The number of nitrogens with one attached hydrogen (secondary N) is 1. The third-order valence-electron chi connectivity index (χ3n) is 3.59. The summed E-state index contributed by atoms with van der Waals surface area (Å²) >= 11 is 0. The molecule has 3 unspecified atom stereocenters. The zero-order valence-electron chi connectivity index (χ0n) is 10.6. The van der Waals surface area contributed by atoms with Crippen molar-refractivity contribution in [2.24, 2.45) is 17.8 Å². The molecule has 1 aliphatic carbocycles. The lowest BCUT2D eigenvalue weighted by Gasteiger charge is -2.34. The molecule has 0 spiro atoms. The van der Waals surface area contributed by atoms with Crippen LogP contribution in [0, 0.1) is 17.8 Å². The fraction of sp³-hybridized carbons (Fsp3) is 1.00. The second kappa shape index (κ2) is 7.24. The van der Waals surface area contributed by atoms with Crippen molar-refractivity contribution in [3.63, 3.8) is 0 Å². The van der Waals surface area contributed by atoms with E-state index in [-0.39, 0.29) is 0 Å². The molecule has 0 aromatic carbocycles. The molecule has 1 N–H and O–H groups in total. The minimum Gasteiger partial charge on any atom is -0.381 e. The molecule has 0 radical (unpaired) electrons. The Balaban J connectivity index is 2.35. The van der Waals surface area contributed by atoms with Crippen molar-refractivity contribution in [2.45, 2.75) is 40.0 Å². The van der Waals surface area contributed by atoms with Gasteiger partial charge in [0.2, 0.25) is 0 Å². The molecule has 0 heterocycles. The molecule has 1 rings (SSSR count). The summed E-state index contributed by atoms with van der Waals surface area (Å²) < 4.78 is 5.60. The highest BCUT2D eigenvalue weighted by Crippen LogP contribution is 2.33. The minimum absolute atomic E-state index is 0.785. The largest absolute Gasteiger partial charge is 0.381 e. The van der Waals surface area contributed by atoms with E-state index in [1.807, 2.05) is 0 Å². The lowest BCUT2D eigenvalue weighted by atomic mass is 9.75. The van der Waals surface area contributed by atoms with Gasteiger partial charge in [0.05, 0.1) is 0 Å². The Hall–Kier alpha value is -0.0800. The van der Waals surface area contributed by atoms with Crippen LogP contribution in [0.4, 0.5) is 0 Å². The predicted molar refractivity (Wildman–Crippen MR) is 65.0 cm³/mol. The fourth-order valence-corrected chi connectivity index (χ4v) is 2.63. The molecule has 0 saturated heterocycles. The van der Waals surface area contributed by atoms with Gasteiger partial charge in [-0.25, -0.2) is 0 Å². The molecule has 0 aliphatic heterocycles. The topological polar surface area (TPSA) is 21.3 Å². The van der Waals surface area contributed by atoms with Crippen LogP contribution in [0.3, 0.4) is 0 Å². The Kier molecular flexibility index (Phi) is 6.26. The molecule has 3 atom stereocenters. The van der Waals surface area contributed by atoms with Crippen molar-refractivity contribution < 1.29 is 4.74 Å². The number of rotatable bonds is 6. The molecule has 1 fully saturated rings. The number of hydrogen-bond donors (Lipinski definition) is 1. The molecule has 0 aromatic heterocycles. The highest BCUT2D eigenvalue weighted by atomic mass is 16.5. The summed E-state index contributed by atoms with van der Waals surface area (Å²) in [5.41, 5.74) is 0. The monoisotopic (exact) mass is 213 g/mol. The first-order valence-corrected chi connectivity index (χ1v) is 6.56. The van der Waals surface area contributed by atoms with Crippen LogP contribution in [0.25, 0.3) is 0 Å². The molecule has 1 saturated carbocycles. The van der Waals surface area contributed by atoms with Crippen LogP contribution < -0.4 is 5.32 Å². The Morgan fingerprint density at radius 1 is 1.20 bits per heavy atom. The highest BCUT2D eigenvalue weighted by molar-refractivity contribution is 4.79. The quantitative estimate of drug-likeness (QED) is 0.732. The van der Waals surface area contributed by atoms with Crippen molar-refractivity contribution in [3.05, 3.63) is 0 Å². The smallest absolute Gasteiger partial charge is 0.0497 e. The summed E-state index contributed by atoms with van der Waals surface area (Å²) in [4.78, 5) is 0. The van der Waals surface area contributed by atoms with Gasteiger partial charge in [-0.2, -0.15) is 0 Å². The predicted octanol–water partition coefficient (Wildman–Crippen LogP) is 2.68. The normalized spacial score (nSPS) is 31.8. The van der Waals surface area contributed by atoms with Gasteiger partial charge in [0.25, 0.3) is 0 Å². The van der Waals surface area contributed by atoms with E-state index in [2.05, 4.69) is 26.1 Å². The average Bonchev–Trinajstić information content (AvgIpc) is 2.25. The summed E-state index contributed by atoms with van der Waals surface area (Å²) in [5, 5.41) is 3.48. The van der Waals surface area contributed by atoms with E-state index >= 15 is 0 Å². The first-order chi connectivity index (χ1) is 7.27. The van der Waals surface area contributed by atoms with Crippen LogP contribution in [0.15, 0.2) is 0 Å². The summed E-state index contributed by atoms with van der Waals surface area (Å²) in [6, 6.07) is 0. The van der Waals surface area contributed by atoms with Gasteiger partial charge in [0.1, 0.15) is 0 Å². The van der Waals surface area contributed by atoms with Gasteiger partial charge in [-0.3, -0.25) is 0 Å². The van der Waals surface area contributed by atoms with E-state index in [1.54, 1.807) is 0 Å². The van der Waals surface area contributed by atoms with Crippen LogP contribution in [0.1, 0.15) is 40.0 Å². The van der Waals surface area contributed by atoms with Crippen molar-refractivity contribution in [2.75, 3.05) is 26.3 Å². The highest BCUT2D eigenvalue weighted by Gasteiger charge is 2.28. The molecule has 2 heteroatoms. The van der Waals surface area contributed by atoms with E-state index in [0.29, 0.717) is 0 Å². The van der Waals surface area contributed by atoms with E-state index in [9.17, 15) is 0 Å². The van der Waals surface area contributed by atoms with E-state index in [4.69, 9.17) is 4.74 Å². The molecule has 0 aromatic rings. The maximum Gasteiger partial charge on any atom is 0.0497 e. The average molecular weight is 213 g/mol. The molecule has 1 aliphatic rings. The lowest BCUT2D eigenvalue weighted by Crippen LogP contribution is -2.34. The maximum absolute atomic E-state index is 5.60. The van der Waals surface area contributed by atoms with E-state index in [1.165, 1.54) is 25.8 Å². The summed E-state index contributed by atoms with van der Waals surface area (Å²) in [7, 11) is 0. The maximum atomic E-state index is 5.60. The van der Waals surface area contributed by atoms with Gasteiger partial charge < -0.3 is 10.1 Å². The molecule has 0 bridgehead atoms. The molecule has 15 heavy (non-hydrogen) atoms. The van der Waals surface area contributed by atoms with Crippen molar-refractivity contribution in [1.82, 2.24) is 5.32 Å². The summed E-state index contributed by atoms with van der Waals surface area (Å²) in [6.45, 7) is 10.8. The summed E-state index contributed by atoms with van der Waals surface area (Å²) in [6.07, 6.45) is 4.14. The third kappa shape index (κ3) is 4.52. The zero-order chi connectivity index (χ0) is 11.1. The van der Waals surface area contributed by atoms with Gasteiger partial charge in [0, 0.05) is 13.2 Å². The van der Waals surface area contributed by atoms with Crippen LogP contribution in [0.2, 0.25) is 0 Å². The van der Waals surface area contributed by atoms with Crippen molar-refractivity contribution >= 4 is 0 Å². The first kappa shape index (κ1) is 13.0. The Morgan fingerprint density at radius 3 is 2.67 bits per heavy atom. The van der Waals surface area contributed by atoms with Gasteiger partial charge >= 0.3 is 0 Å². The Labute approximate surface area is 94.8 Å². The van der Waals surface area contributed by atoms with E-state index in [0.717, 1.165) is 37.5 Å². The molecular formula is C13H27NO. The van der Waals surface area contributed by atoms with Crippen molar-refractivity contribution in [1.29, 1.82) is 0 Å². The van der Waals surface area contributed by atoms with Crippen LogP contribution in [-0.2, 0) is 4.74 Å². The zero-order valence-corrected chi connectivity index (χ0v) is 10.6. The first-order valence-electron chi connectivity index (χ1n) is 6.56. The number of hydrogen-bond acceptors (Lipinski definition) is 2. The molecule has 0 amide bonds. The van der Waals surface area contributed by atoms with Gasteiger partial charge in [-0.1, -0.05) is 20.3 Å². The molecular weight excluding hydrogens is 186 g/mol. The second-order valence-corrected chi connectivity index (χ2v) is 4.91. The lowest BCUT2D eigenvalue weighted by molar-refractivity contribution is 0.0536. The van der Waals surface area contributed by atoms with Crippen LogP contribution >= 0.6 is 0 Å². The Bertz CT molecular complexity index is 159. The van der Waals surface area contributed by atoms with Gasteiger partial charge in [-0.15, -0.1) is 0 Å². The fourth-order valence-electron chi connectivity index (χ4n) is 2.63. The minimum atomic E-state index is 0.785. The second-order valence-electron chi connectivity index (χ2n) is 4.91. The standard InChI is InChI=1S/C13H27NO/c1-4-14-9-12-7-6-11(3)8-13(12)10-15-5-2/h11-14H,4-10H2,1-3H3. The van der Waals surface area contributed by atoms with Gasteiger partial charge in [-0.05, 0) is 50.6 Å². The number of ether oxygens (including phenoxy) is 1. The van der Waals surface area contributed by atoms with Gasteiger partial charge in [0.15, 0.2) is 0 Å². The molecule has 2 nitrogen and oxygen atoms in total. The third-order valence-corrected chi connectivity index (χ3v) is 3.59. The Morgan fingerprint density at radius 2 is 2.00 bits per heavy atom.